The van der Waals surface area contributed by atoms with Crippen LogP contribution < -0.4 is 5.32 Å². The second kappa shape index (κ2) is 5.59. The summed E-state index contributed by atoms with van der Waals surface area (Å²) in [4.78, 5) is 15.5. The summed E-state index contributed by atoms with van der Waals surface area (Å²) in [5.74, 6) is -0.219. The van der Waals surface area contributed by atoms with E-state index in [0.29, 0.717) is 5.92 Å². The minimum atomic E-state index is -4.29. The maximum Gasteiger partial charge on any atom is 0.389 e. The van der Waals surface area contributed by atoms with Gasteiger partial charge in [-0.3, -0.25) is 9.78 Å². The molecule has 1 aromatic rings. The van der Waals surface area contributed by atoms with Crippen molar-refractivity contribution in [1.29, 1.82) is 0 Å². The van der Waals surface area contributed by atoms with Gasteiger partial charge in [0.05, 0.1) is 12.5 Å². The molecule has 1 amide bonds. The van der Waals surface area contributed by atoms with E-state index in [0.717, 1.165) is 18.4 Å². The zero-order chi connectivity index (χ0) is 13.9. The van der Waals surface area contributed by atoms with Gasteiger partial charge in [0.1, 0.15) is 0 Å². The molecule has 3 nitrogen and oxygen atoms in total. The zero-order valence-electron chi connectivity index (χ0n) is 10.3. The predicted molar refractivity (Wildman–Crippen MR) is 63.1 cm³/mol. The standard InChI is InChI=1S/C13H15F3N2O/c14-13(15,16)6-3-11(19)18-12(9-1-2-9)10-4-7-17-8-5-10/h4-5,7-9,12H,1-3,6H2,(H,18,19). The smallest absolute Gasteiger partial charge is 0.349 e. The Morgan fingerprint density at radius 1 is 1.37 bits per heavy atom. The van der Waals surface area contributed by atoms with Gasteiger partial charge in [0, 0.05) is 18.8 Å². The van der Waals surface area contributed by atoms with Crippen LogP contribution in [-0.2, 0) is 4.79 Å². The number of aromatic nitrogens is 1. The fraction of sp³-hybridized carbons (Fsp3) is 0.538. The Labute approximate surface area is 109 Å². The molecule has 0 radical (unpaired) electrons. The second-order valence-electron chi connectivity index (χ2n) is 4.78. The van der Waals surface area contributed by atoms with E-state index in [1.54, 1.807) is 24.5 Å². The van der Waals surface area contributed by atoms with Crippen molar-refractivity contribution >= 4 is 5.91 Å². The summed E-state index contributed by atoms with van der Waals surface area (Å²) in [6, 6.07) is 3.38. The average Bonchev–Trinajstić information content (AvgIpc) is 3.18. The Kier molecular flexibility index (Phi) is 4.07. The third kappa shape index (κ3) is 4.54. The number of carbonyl (C=O) groups excluding carboxylic acids is 1. The Hall–Kier alpha value is -1.59. The molecule has 0 bridgehead atoms. The molecule has 1 atom stereocenters. The molecule has 0 spiro atoms. The fourth-order valence-electron chi connectivity index (χ4n) is 1.97. The minimum Gasteiger partial charge on any atom is -0.349 e. The van der Waals surface area contributed by atoms with Crippen molar-refractivity contribution in [2.24, 2.45) is 5.92 Å². The SMILES string of the molecule is O=C(CCC(F)(F)F)NC(c1ccncc1)C1CC1. The number of nitrogens with zero attached hydrogens (tertiary/aromatic N) is 1. The Morgan fingerprint density at radius 3 is 2.53 bits per heavy atom. The van der Waals surface area contributed by atoms with Crippen LogP contribution in [0.3, 0.4) is 0 Å². The molecule has 0 saturated heterocycles. The first-order chi connectivity index (χ1) is 8.96. The molecule has 1 aliphatic rings. The first kappa shape index (κ1) is 13.8. The number of pyridine rings is 1. The van der Waals surface area contributed by atoms with Gasteiger partial charge in [-0.2, -0.15) is 13.2 Å². The monoisotopic (exact) mass is 272 g/mol. The van der Waals surface area contributed by atoms with Gasteiger partial charge >= 0.3 is 6.18 Å². The normalized spacial score (nSPS) is 17.0. The van der Waals surface area contributed by atoms with Gasteiger partial charge in [-0.05, 0) is 36.5 Å². The third-order valence-corrected chi connectivity index (χ3v) is 3.11. The summed E-state index contributed by atoms with van der Waals surface area (Å²) in [6.45, 7) is 0. The lowest BCUT2D eigenvalue weighted by Crippen LogP contribution is -2.30. The number of nitrogens with one attached hydrogen (secondary N) is 1. The second-order valence-corrected chi connectivity index (χ2v) is 4.78. The molecular weight excluding hydrogens is 257 g/mol. The summed E-state index contributed by atoms with van der Waals surface area (Å²) >= 11 is 0. The summed E-state index contributed by atoms with van der Waals surface area (Å²) in [7, 11) is 0. The van der Waals surface area contributed by atoms with Crippen molar-refractivity contribution in [2.45, 2.75) is 37.9 Å². The first-order valence-electron chi connectivity index (χ1n) is 6.22. The van der Waals surface area contributed by atoms with Crippen molar-refractivity contribution < 1.29 is 18.0 Å². The molecule has 1 aliphatic carbocycles. The van der Waals surface area contributed by atoms with Crippen LogP contribution in [0.25, 0.3) is 0 Å². The van der Waals surface area contributed by atoms with Crippen LogP contribution >= 0.6 is 0 Å². The van der Waals surface area contributed by atoms with Crippen molar-refractivity contribution in [3.63, 3.8) is 0 Å². The van der Waals surface area contributed by atoms with E-state index < -0.39 is 24.9 Å². The van der Waals surface area contributed by atoms with Crippen LogP contribution in [0.2, 0.25) is 0 Å². The predicted octanol–water partition coefficient (Wildman–Crippen LogP) is 2.99. The van der Waals surface area contributed by atoms with Crippen LogP contribution in [0, 0.1) is 5.92 Å². The van der Waals surface area contributed by atoms with E-state index in [1.807, 2.05) is 0 Å². The van der Waals surface area contributed by atoms with Crippen molar-refractivity contribution in [3.8, 4) is 0 Å². The van der Waals surface area contributed by atoms with Gasteiger partial charge in [-0.25, -0.2) is 0 Å². The molecule has 6 heteroatoms. The number of alkyl halides is 3. The lowest BCUT2D eigenvalue weighted by molar-refractivity contribution is -0.144. The maximum absolute atomic E-state index is 12.1. The topological polar surface area (TPSA) is 42.0 Å². The molecule has 2 rings (SSSR count). The van der Waals surface area contributed by atoms with Crippen molar-refractivity contribution in [3.05, 3.63) is 30.1 Å². The van der Waals surface area contributed by atoms with E-state index in [9.17, 15) is 18.0 Å². The largest absolute Gasteiger partial charge is 0.389 e. The first-order valence-corrected chi connectivity index (χ1v) is 6.22. The molecule has 1 N–H and O–H groups in total. The molecule has 1 fully saturated rings. The Balaban J connectivity index is 1.93. The van der Waals surface area contributed by atoms with Gasteiger partial charge in [0.25, 0.3) is 0 Å². The zero-order valence-corrected chi connectivity index (χ0v) is 10.3. The number of halogens is 3. The molecule has 0 aliphatic heterocycles. The highest BCUT2D eigenvalue weighted by Gasteiger charge is 2.34. The number of hydrogen-bond acceptors (Lipinski definition) is 2. The number of hydrogen-bond donors (Lipinski definition) is 1. The number of amides is 1. The summed E-state index contributed by atoms with van der Waals surface area (Å²) in [6.07, 6.45) is -0.661. The Morgan fingerprint density at radius 2 is 2.00 bits per heavy atom. The highest BCUT2D eigenvalue weighted by Crippen LogP contribution is 2.40. The van der Waals surface area contributed by atoms with Gasteiger partial charge in [0.2, 0.25) is 5.91 Å². The van der Waals surface area contributed by atoms with E-state index in [2.05, 4.69) is 10.3 Å². The summed E-state index contributed by atoms with van der Waals surface area (Å²) in [5, 5.41) is 2.70. The Bertz CT molecular complexity index is 429. The maximum atomic E-state index is 12.1. The molecule has 1 unspecified atom stereocenters. The van der Waals surface area contributed by atoms with Crippen LogP contribution in [0.15, 0.2) is 24.5 Å². The number of carbonyl (C=O) groups is 1. The van der Waals surface area contributed by atoms with Crippen LogP contribution in [0.5, 0.6) is 0 Å². The van der Waals surface area contributed by atoms with Gasteiger partial charge < -0.3 is 5.32 Å². The molecule has 0 aromatic carbocycles. The lowest BCUT2D eigenvalue weighted by atomic mass is 10.0. The van der Waals surface area contributed by atoms with Crippen molar-refractivity contribution in [1.82, 2.24) is 10.3 Å². The summed E-state index contributed by atoms with van der Waals surface area (Å²) < 4.78 is 36.2. The van der Waals surface area contributed by atoms with E-state index in [1.165, 1.54) is 0 Å². The van der Waals surface area contributed by atoms with E-state index in [-0.39, 0.29) is 6.04 Å². The van der Waals surface area contributed by atoms with Crippen LogP contribution in [-0.4, -0.2) is 17.1 Å². The van der Waals surface area contributed by atoms with Gasteiger partial charge in [-0.15, -0.1) is 0 Å². The highest BCUT2D eigenvalue weighted by molar-refractivity contribution is 5.76. The molecular formula is C13H15F3N2O. The molecule has 1 saturated carbocycles. The minimum absolute atomic E-state index is 0.191. The summed E-state index contributed by atoms with van der Waals surface area (Å²) in [5.41, 5.74) is 0.901. The van der Waals surface area contributed by atoms with Crippen LogP contribution in [0.4, 0.5) is 13.2 Å². The van der Waals surface area contributed by atoms with E-state index in [4.69, 9.17) is 0 Å². The average molecular weight is 272 g/mol. The quantitative estimate of drug-likeness (QED) is 0.895. The van der Waals surface area contributed by atoms with Crippen LogP contribution in [0.1, 0.15) is 37.3 Å². The molecule has 104 valence electrons. The van der Waals surface area contributed by atoms with Gasteiger partial charge in [-0.1, -0.05) is 0 Å². The van der Waals surface area contributed by atoms with Gasteiger partial charge in [0.15, 0.2) is 0 Å². The van der Waals surface area contributed by atoms with E-state index >= 15 is 0 Å². The molecule has 1 aromatic heterocycles. The van der Waals surface area contributed by atoms with Crippen molar-refractivity contribution in [2.75, 3.05) is 0 Å². The fourth-order valence-corrected chi connectivity index (χ4v) is 1.97. The highest BCUT2D eigenvalue weighted by atomic mass is 19.4. The third-order valence-electron chi connectivity index (χ3n) is 3.11. The molecule has 1 heterocycles. The number of rotatable bonds is 5. The lowest BCUT2D eigenvalue weighted by Gasteiger charge is -2.18. The molecule has 19 heavy (non-hydrogen) atoms.